The van der Waals surface area contributed by atoms with Crippen LogP contribution < -0.4 is 10.7 Å². The summed E-state index contributed by atoms with van der Waals surface area (Å²) in [5, 5.41) is 22.3. The lowest BCUT2D eigenvalue weighted by molar-refractivity contribution is -0.136. The largest absolute Gasteiger partial charge is 0.511 e. The van der Waals surface area contributed by atoms with E-state index < -0.39 is 12.4 Å². The second-order valence-corrected chi connectivity index (χ2v) is 10.4. The number of nitrogens with one attached hydrogen (secondary N) is 1. The van der Waals surface area contributed by atoms with Crippen LogP contribution in [0.2, 0.25) is 0 Å². The Morgan fingerprint density at radius 2 is 1.51 bits per heavy atom. The van der Waals surface area contributed by atoms with E-state index in [0.717, 1.165) is 68.6 Å². The molecule has 0 fully saturated rings. The summed E-state index contributed by atoms with van der Waals surface area (Å²) < 4.78 is 0. The van der Waals surface area contributed by atoms with Gasteiger partial charge >= 0.3 is 5.97 Å². The van der Waals surface area contributed by atoms with Crippen molar-refractivity contribution in [3.63, 3.8) is 0 Å². The van der Waals surface area contributed by atoms with Crippen molar-refractivity contribution in [1.82, 2.24) is 4.98 Å². The van der Waals surface area contributed by atoms with Crippen molar-refractivity contribution < 1.29 is 15.0 Å². The number of carbonyl (C=O) groups is 1. The van der Waals surface area contributed by atoms with Crippen LogP contribution in [0, 0.1) is 6.92 Å². The number of fused-ring (bicyclic) bond motifs is 5. The molecule has 0 aliphatic carbocycles. The third-order valence-electron chi connectivity index (χ3n) is 7.95. The zero-order chi connectivity index (χ0) is 28.2. The molecule has 0 aromatic carbocycles. The zero-order valence-corrected chi connectivity index (χ0v) is 23.6. The molecule has 4 aliphatic rings. The number of carboxylic acids is 1. The standard InChI is InChI=1S/C32H34N4O3/c1-8-20-17(5)25-13-28-21(9-2)16(4)24(34-28)12-26-18(6)31(29(37)14-30(38)39)32(36-26)19(7)23-10-15(3)22(33-23)11-27(20)35-25/h10-13,34,37H,8-9,14H2,1-7H3,(H,38,39)/b23-19?,24-12?,27-11?,28-13?,31-29-. The maximum Gasteiger partial charge on any atom is 0.311 e. The van der Waals surface area contributed by atoms with E-state index in [2.05, 4.69) is 38.8 Å². The van der Waals surface area contributed by atoms with Crippen LogP contribution >= 0.6 is 0 Å². The minimum absolute atomic E-state index is 0.211. The SMILES string of the molecule is CCC1=C(C)C2=NC1=CC1=NC(=C(C)C3=NC(=C(C)/C3=C(/O)CC(=O)O)C=c3[nH]c(c(CC)c3C)=C2)C=C1C. The molecule has 200 valence electrons. The van der Waals surface area contributed by atoms with E-state index in [1.807, 2.05) is 39.0 Å². The molecule has 1 aromatic rings. The first-order valence-corrected chi connectivity index (χ1v) is 13.4. The average Bonchev–Trinajstić information content (AvgIpc) is 3.57. The normalized spacial score (nSPS) is 19.9. The van der Waals surface area contributed by atoms with E-state index in [1.54, 1.807) is 0 Å². The van der Waals surface area contributed by atoms with Gasteiger partial charge in [0.15, 0.2) is 0 Å². The first-order valence-electron chi connectivity index (χ1n) is 13.4. The summed E-state index contributed by atoms with van der Waals surface area (Å²) >= 11 is 0. The Labute approximate surface area is 228 Å². The minimum Gasteiger partial charge on any atom is -0.511 e. The lowest BCUT2D eigenvalue weighted by atomic mass is 9.95. The average molecular weight is 523 g/mol. The van der Waals surface area contributed by atoms with Gasteiger partial charge in [-0.15, -0.1) is 0 Å². The van der Waals surface area contributed by atoms with Gasteiger partial charge in [0.05, 0.1) is 34.2 Å². The number of aromatic nitrogens is 1. The fourth-order valence-corrected chi connectivity index (χ4v) is 5.69. The molecule has 0 radical (unpaired) electrons. The first-order chi connectivity index (χ1) is 18.5. The van der Waals surface area contributed by atoms with Gasteiger partial charge in [0.25, 0.3) is 0 Å². The topological polar surface area (TPSA) is 110 Å². The fourth-order valence-electron chi connectivity index (χ4n) is 5.69. The van der Waals surface area contributed by atoms with Crippen LogP contribution in [-0.4, -0.2) is 38.3 Å². The molecule has 39 heavy (non-hydrogen) atoms. The molecule has 0 amide bonds. The van der Waals surface area contributed by atoms with E-state index in [0.29, 0.717) is 17.0 Å². The second-order valence-electron chi connectivity index (χ2n) is 10.4. The summed E-state index contributed by atoms with van der Waals surface area (Å²) in [6.45, 7) is 14.3. The molecule has 5 rings (SSSR count). The summed E-state index contributed by atoms with van der Waals surface area (Å²) in [5.41, 5.74) is 12.3. The molecular weight excluding hydrogens is 488 g/mol. The van der Waals surface area contributed by atoms with Crippen LogP contribution in [0.1, 0.15) is 65.5 Å². The molecule has 8 bridgehead atoms. The predicted molar refractivity (Wildman–Crippen MR) is 158 cm³/mol. The third-order valence-corrected chi connectivity index (χ3v) is 7.95. The summed E-state index contributed by atoms with van der Waals surface area (Å²) in [6.07, 6.45) is 9.40. The molecule has 1 aromatic heterocycles. The van der Waals surface area contributed by atoms with Crippen molar-refractivity contribution in [2.24, 2.45) is 15.0 Å². The van der Waals surface area contributed by atoms with E-state index >= 15 is 0 Å². The van der Waals surface area contributed by atoms with E-state index in [1.165, 1.54) is 16.7 Å². The van der Waals surface area contributed by atoms with Gasteiger partial charge in [0.1, 0.15) is 12.2 Å². The molecule has 4 aliphatic heterocycles. The van der Waals surface area contributed by atoms with Gasteiger partial charge in [0.2, 0.25) is 0 Å². The van der Waals surface area contributed by atoms with Crippen molar-refractivity contribution in [3.05, 3.63) is 90.3 Å². The van der Waals surface area contributed by atoms with Gasteiger partial charge in [-0.25, -0.2) is 15.0 Å². The van der Waals surface area contributed by atoms with Crippen LogP contribution in [-0.2, 0) is 11.2 Å². The minimum atomic E-state index is -1.10. The number of nitrogens with zero attached hydrogens (tertiary/aromatic N) is 3. The molecule has 0 saturated heterocycles. The highest BCUT2D eigenvalue weighted by Crippen LogP contribution is 2.35. The molecule has 3 N–H and O–H groups in total. The van der Waals surface area contributed by atoms with Gasteiger partial charge < -0.3 is 15.2 Å². The zero-order valence-electron chi connectivity index (χ0n) is 23.6. The highest BCUT2D eigenvalue weighted by atomic mass is 16.4. The number of aliphatic hydroxyl groups is 1. The predicted octanol–water partition coefficient (Wildman–Crippen LogP) is 5.22. The number of carboxylic acid groups (broad SMARTS) is 1. The number of H-pyrrole nitrogens is 1. The lowest BCUT2D eigenvalue weighted by Gasteiger charge is -2.10. The van der Waals surface area contributed by atoms with Gasteiger partial charge in [-0.05, 0) is 105 Å². The number of aromatic amines is 1. The molecule has 5 heterocycles. The number of aliphatic hydroxyl groups excluding tert-OH is 1. The Bertz CT molecular complexity index is 1760. The van der Waals surface area contributed by atoms with Crippen molar-refractivity contribution in [1.29, 1.82) is 0 Å². The van der Waals surface area contributed by atoms with Crippen molar-refractivity contribution >= 4 is 35.3 Å². The van der Waals surface area contributed by atoms with Crippen LogP contribution in [0.4, 0.5) is 0 Å². The maximum atomic E-state index is 11.5. The number of aliphatic carboxylic acids is 1. The van der Waals surface area contributed by atoms with Crippen LogP contribution in [0.3, 0.4) is 0 Å². The highest BCUT2D eigenvalue weighted by molar-refractivity contribution is 6.24. The maximum absolute atomic E-state index is 11.5. The third kappa shape index (κ3) is 4.42. The van der Waals surface area contributed by atoms with E-state index in [4.69, 9.17) is 15.0 Å². The van der Waals surface area contributed by atoms with E-state index in [9.17, 15) is 15.0 Å². The van der Waals surface area contributed by atoms with Crippen molar-refractivity contribution in [3.8, 4) is 0 Å². The molecule has 7 heteroatoms. The Hall–Kier alpha value is -4.26. The smallest absolute Gasteiger partial charge is 0.311 e. The number of rotatable bonds is 4. The molecule has 7 nitrogen and oxygen atoms in total. The Morgan fingerprint density at radius 3 is 2.18 bits per heavy atom. The Kier molecular flexibility index (Phi) is 6.62. The van der Waals surface area contributed by atoms with Gasteiger partial charge in [-0.2, -0.15) is 0 Å². The summed E-state index contributed by atoms with van der Waals surface area (Å²) in [4.78, 5) is 30.0. The number of hydrogen-bond donors (Lipinski definition) is 3. The van der Waals surface area contributed by atoms with Crippen molar-refractivity contribution in [2.75, 3.05) is 0 Å². The molecule has 0 atom stereocenters. The number of hydrogen-bond acceptors (Lipinski definition) is 5. The van der Waals surface area contributed by atoms with Crippen LogP contribution in [0.25, 0.3) is 12.2 Å². The highest BCUT2D eigenvalue weighted by Gasteiger charge is 2.28. The molecule has 0 saturated carbocycles. The monoisotopic (exact) mass is 522 g/mol. The molecule has 0 spiro atoms. The first kappa shape index (κ1) is 26.4. The molecular formula is C32H34N4O3. The lowest BCUT2D eigenvalue weighted by Crippen LogP contribution is -2.14. The van der Waals surface area contributed by atoms with Crippen LogP contribution in [0.5, 0.6) is 0 Å². The second kappa shape index (κ2) is 9.80. The summed E-state index contributed by atoms with van der Waals surface area (Å²) in [5.74, 6) is -1.31. The van der Waals surface area contributed by atoms with Crippen molar-refractivity contribution in [2.45, 2.75) is 67.7 Å². The molecule has 0 unspecified atom stereocenters. The van der Waals surface area contributed by atoms with Gasteiger partial charge in [0, 0.05) is 21.8 Å². The summed E-state index contributed by atoms with van der Waals surface area (Å²) in [7, 11) is 0. The Balaban J connectivity index is 1.88. The van der Waals surface area contributed by atoms with Gasteiger partial charge in [-0.1, -0.05) is 13.8 Å². The van der Waals surface area contributed by atoms with Gasteiger partial charge in [-0.3, -0.25) is 4.79 Å². The summed E-state index contributed by atoms with van der Waals surface area (Å²) in [6, 6.07) is 0. The Morgan fingerprint density at radius 1 is 0.795 bits per heavy atom. The van der Waals surface area contributed by atoms with E-state index in [-0.39, 0.29) is 5.76 Å². The number of allylic oxidation sites excluding steroid dienone is 9. The quantitative estimate of drug-likeness (QED) is 0.472. The van der Waals surface area contributed by atoms with Crippen LogP contribution in [0.15, 0.2) is 83.4 Å². The number of aliphatic imine (C=N–C) groups is 3. The fraction of sp³-hybridized carbons (Fsp3) is 0.312.